The van der Waals surface area contributed by atoms with Crippen LogP contribution in [0.4, 0.5) is 0 Å². The predicted octanol–water partition coefficient (Wildman–Crippen LogP) is 4.33. The second kappa shape index (κ2) is 12.0. The zero-order valence-corrected chi connectivity index (χ0v) is 22.3. The first kappa shape index (κ1) is 27.0. The summed E-state index contributed by atoms with van der Waals surface area (Å²) in [5.41, 5.74) is 0.136. The van der Waals surface area contributed by atoms with Crippen molar-refractivity contribution in [2.24, 2.45) is 0 Å². The van der Waals surface area contributed by atoms with E-state index >= 15 is 0 Å². The monoisotopic (exact) mass is 527 g/mol. The molecule has 1 fully saturated rings. The van der Waals surface area contributed by atoms with Crippen LogP contribution in [0.3, 0.4) is 0 Å². The van der Waals surface area contributed by atoms with E-state index in [0.717, 1.165) is 25.7 Å². The molecule has 204 valence electrons. The maximum atomic E-state index is 13.8. The summed E-state index contributed by atoms with van der Waals surface area (Å²) in [6.07, 6.45) is 5.19. The van der Waals surface area contributed by atoms with E-state index in [1.54, 1.807) is 24.3 Å². The lowest BCUT2D eigenvalue weighted by atomic mass is 9.95. The van der Waals surface area contributed by atoms with Crippen molar-refractivity contribution in [3.05, 3.63) is 34.5 Å². The van der Waals surface area contributed by atoms with Crippen LogP contribution in [0.5, 0.6) is 34.5 Å². The minimum Gasteiger partial charge on any atom is -0.496 e. The molecule has 3 aromatic rings. The Balaban J connectivity index is 1.84. The first-order valence-electron chi connectivity index (χ1n) is 12.4. The van der Waals surface area contributed by atoms with Gasteiger partial charge in [0.05, 0.1) is 35.5 Å². The molecule has 0 spiro atoms. The smallest absolute Gasteiger partial charge is 0.258 e. The summed E-state index contributed by atoms with van der Waals surface area (Å²) >= 11 is 0. The van der Waals surface area contributed by atoms with Crippen LogP contribution in [0.25, 0.3) is 22.3 Å². The number of carbonyl (C=O) groups is 1. The Bertz CT molecular complexity index is 1330. The molecule has 1 aliphatic carbocycles. The number of methoxy groups -OCH3 is 5. The lowest BCUT2D eigenvalue weighted by Gasteiger charge is -2.22. The van der Waals surface area contributed by atoms with Crippen LogP contribution < -0.4 is 39.2 Å². The maximum Gasteiger partial charge on any atom is 0.258 e. The molecule has 1 amide bonds. The largest absolute Gasteiger partial charge is 0.496 e. The topological polar surface area (TPSA) is 115 Å². The number of ether oxygens (including phenoxy) is 6. The average molecular weight is 528 g/mol. The van der Waals surface area contributed by atoms with Gasteiger partial charge in [-0.15, -0.1) is 0 Å². The summed E-state index contributed by atoms with van der Waals surface area (Å²) in [7, 11) is 7.41. The molecule has 10 nitrogen and oxygen atoms in total. The fourth-order valence-corrected chi connectivity index (χ4v) is 4.71. The quantitative estimate of drug-likeness (QED) is 0.411. The average Bonchev–Trinajstić information content (AvgIpc) is 2.95. The number of fused-ring (bicyclic) bond motifs is 1. The highest BCUT2D eigenvalue weighted by Crippen LogP contribution is 2.44. The first-order valence-corrected chi connectivity index (χ1v) is 12.4. The first-order chi connectivity index (χ1) is 18.4. The van der Waals surface area contributed by atoms with Crippen molar-refractivity contribution in [1.29, 1.82) is 0 Å². The highest BCUT2D eigenvalue weighted by molar-refractivity contribution is 5.89. The molecule has 4 rings (SSSR count). The van der Waals surface area contributed by atoms with Crippen LogP contribution in [0.2, 0.25) is 0 Å². The van der Waals surface area contributed by atoms with Gasteiger partial charge in [-0.2, -0.15) is 0 Å². The molecule has 0 atom stereocenters. The molecular formula is C28H33NO9. The van der Waals surface area contributed by atoms with Crippen molar-refractivity contribution in [3.63, 3.8) is 0 Å². The Morgan fingerprint density at radius 3 is 2.08 bits per heavy atom. The third-order valence-corrected chi connectivity index (χ3v) is 6.59. The van der Waals surface area contributed by atoms with Crippen LogP contribution >= 0.6 is 0 Å². The van der Waals surface area contributed by atoms with Crippen LogP contribution in [0, 0.1) is 0 Å². The number of hydrogen-bond acceptors (Lipinski definition) is 9. The molecule has 0 aliphatic heterocycles. The van der Waals surface area contributed by atoms with Crippen molar-refractivity contribution in [3.8, 4) is 45.8 Å². The summed E-state index contributed by atoms with van der Waals surface area (Å²) in [5, 5.41) is 3.16. The number of nitrogens with one attached hydrogen (secondary N) is 1. The van der Waals surface area contributed by atoms with Crippen LogP contribution in [0.1, 0.15) is 32.1 Å². The van der Waals surface area contributed by atoms with Crippen molar-refractivity contribution in [1.82, 2.24) is 5.32 Å². The SMILES string of the molecule is COc1cc(OC)c2c(=O)c(OCC(=O)NC3CCCCC3)c(-c3cc(OC)c(OC)c(OC)c3)oc2c1. The molecular weight excluding hydrogens is 494 g/mol. The molecule has 0 unspecified atom stereocenters. The fourth-order valence-electron chi connectivity index (χ4n) is 4.71. The lowest BCUT2D eigenvalue weighted by molar-refractivity contribution is -0.124. The zero-order chi connectivity index (χ0) is 27.2. The predicted molar refractivity (Wildman–Crippen MR) is 141 cm³/mol. The molecule has 38 heavy (non-hydrogen) atoms. The standard InChI is InChI=1S/C28H33NO9/c1-32-18-13-19(33-2)24-20(14-18)38-26(16-11-21(34-3)27(36-5)22(12-16)35-4)28(25(24)31)37-15-23(30)29-17-9-7-6-8-10-17/h11-14,17H,6-10,15H2,1-5H3,(H,29,30). The zero-order valence-electron chi connectivity index (χ0n) is 22.3. The summed E-state index contributed by atoms with van der Waals surface area (Å²) < 4.78 is 39.3. The van der Waals surface area contributed by atoms with Crippen molar-refractivity contribution < 1.29 is 37.6 Å². The normalized spacial score (nSPS) is 13.6. The highest BCUT2D eigenvalue weighted by Gasteiger charge is 2.25. The molecule has 10 heteroatoms. The third kappa shape index (κ3) is 5.44. The Hall–Kier alpha value is -4.08. The molecule has 1 aromatic heterocycles. The van der Waals surface area contributed by atoms with Gasteiger partial charge < -0.3 is 38.2 Å². The van der Waals surface area contributed by atoms with E-state index in [2.05, 4.69) is 5.32 Å². The summed E-state index contributed by atoms with van der Waals surface area (Å²) in [4.78, 5) is 26.5. The molecule has 2 aromatic carbocycles. The van der Waals surface area contributed by atoms with E-state index < -0.39 is 5.43 Å². The Morgan fingerprint density at radius 2 is 1.50 bits per heavy atom. The van der Waals surface area contributed by atoms with Crippen LogP contribution in [-0.4, -0.2) is 54.1 Å². The van der Waals surface area contributed by atoms with E-state index in [-0.39, 0.29) is 46.8 Å². The van der Waals surface area contributed by atoms with Crippen LogP contribution in [-0.2, 0) is 4.79 Å². The minimum absolute atomic E-state index is 0.0857. The number of carbonyl (C=O) groups excluding carboxylic acids is 1. The Labute approximate surface area is 220 Å². The molecule has 1 heterocycles. The van der Waals surface area contributed by atoms with Gasteiger partial charge >= 0.3 is 0 Å². The van der Waals surface area contributed by atoms with Gasteiger partial charge in [-0.05, 0) is 25.0 Å². The number of benzene rings is 2. The van der Waals surface area contributed by atoms with Crippen molar-refractivity contribution >= 4 is 16.9 Å². The summed E-state index contributed by atoms with van der Waals surface area (Å²) in [5.74, 6) is 1.41. The Kier molecular flexibility index (Phi) is 8.50. The van der Waals surface area contributed by atoms with Crippen molar-refractivity contribution in [2.45, 2.75) is 38.1 Å². The molecule has 0 saturated heterocycles. The maximum absolute atomic E-state index is 13.8. The second-order valence-electron chi connectivity index (χ2n) is 8.90. The molecule has 1 aliphatic rings. The number of rotatable bonds is 10. The van der Waals surface area contributed by atoms with Gasteiger partial charge in [-0.25, -0.2) is 0 Å². The van der Waals surface area contributed by atoms with Gasteiger partial charge in [-0.3, -0.25) is 9.59 Å². The van der Waals surface area contributed by atoms with Gasteiger partial charge in [0.15, 0.2) is 23.9 Å². The highest BCUT2D eigenvalue weighted by atomic mass is 16.5. The van der Waals surface area contributed by atoms with Crippen molar-refractivity contribution in [2.75, 3.05) is 42.2 Å². The van der Waals surface area contributed by atoms with Gasteiger partial charge in [0, 0.05) is 23.7 Å². The summed E-state index contributed by atoms with van der Waals surface area (Å²) in [6, 6.07) is 6.54. The number of hydrogen-bond donors (Lipinski definition) is 1. The van der Waals surface area contributed by atoms with Gasteiger partial charge in [0.2, 0.25) is 16.9 Å². The van der Waals surface area contributed by atoms with E-state index in [4.69, 9.17) is 32.8 Å². The van der Waals surface area contributed by atoms with E-state index in [1.165, 1.54) is 42.0 Å². The fraction of sp³-hybridized carbons (Fsp3) is 0.429. The Morgan fingerprint density at radius 1 is 0.842 bits per heavy atom. The van der Waals surface area contributed by atoms with Gasteiger partial charge in [-0.1, -0.05) is 19.3 Å². The van der Waals surface area contributed by atoms with Gasteiger partial charge in [0.25, 0.3) is 5.91 Å². The van der Waals surface area contributed by atoms with Gasteiger partial charge in [0.1, 0.15) is 22.5 Å². The minimum atomic E-state index is -0.500. The molecule has 1 saturated carbocycles. The molecule has 0 radical (unpaired) electrons. The van der Waals surface area contributed by atoms with Crippen LogP contribution in [0.15, 0.2) is 33.5 Å². The van der Waals surface area contributed by atoms with E-state index in [0.29, 0.717) is 28.6 Å². The van der Waals surface area contributed by atoms with E-state index in [1.807, 2.05) is 0 Å². The number of amides is 1. The second-order valence-corrected chi connectivity index (χ2v) is 8.90. The summed E-state index contributed by atoms with van der Waals surface area (Å²) in [6.45, 7) is -0.358. The van der Waals surface area contributed by atoms with E-state index in [9.17, 15) is 9.59 Å². The lowest BCUT2D eigenvalue weighted by Crippen LogP contribution is -2.39. The molecule has 1 N–H and O–H groups in total. The molecule has 0 bridgehead atoms. The third-order valence-electron chi connectivity index (χ3n) is 6.59.